The van der Waals surface area contributed by atoms with Gasteiger partial charge in [-0.15, -0.1) is 0 Å². The van der Waals surface area contributed by atoms with Gasteiger partial charge in [-0.2, -0.15) is 10.2 Å². The lowest BCUT2D eigenvalue weighted by Gasteiger charge is -2.09. The van der Waals surface area contributed by atoms with Gasteiger partial charge in [-0.1, -0.05) is 6.07 Å². The Morgan fingerprint density at radius 3 is 2.82 bits per heavy atom. The fourth-order valence-corrected chi connectivity index (χ4v) is 2.61. The van der Waals surface area contributed by atoms with Crippen LogP contribution in [0.4, 0.5) is 17.3 Å². The third-order valence-electron chi connectivity index (χ3n) is 3.59. The number of aromatic nitrogens is 2. The summed E-state index contributed by atoms with van der Waals surface area (Å²) in [6.07, 6.45) is 1.55. The van der Waals surface area contributed by atoms with Crippen LogP contribution in [0.5, 0.6) is 11.5 Å². The minimum absolute atomic E-state index is 0.141. The SMILES string of the molecule is COc1ccc(-c2ccnc(Nc3cccc(OSON)c3)n2)cc1[N+](=O)[O-]. The maximum Gasteiger partial charge on any atom is 0.311 e. The highest BCUT2D eigenvalue weighted by molar-refractivity contribution is 7.90. The van der Waals surface area contributed by atoms with Crippen molar-refractivity contribution in [2.45, 2.75) is 0 Å². The van der Waals surface area contributed by atoms with Crippen LogP contribution in [0.3, 0.4) is 0 Å². The molecule has 10 nitrogen and oxygen atoms in total. The van der Waals surface area contributed by atoms with Crippen molar-refractivity contribution in [2.24, 2.45) is 5.90 Å². The molecule has 0 fully saturated rings. The van der Waals surface area contributed by atoms with E-state index in [1.165, 1.54) is 19.2 Å². The number of nitrogens with two attached hydrogens (primary N) is 1. The summed E-state index contributed by atoms with van der Waals surface area (Å²) in [6, 6.07) is 13.3. The number of ether oxygens (including phenoxy) is 1. The van der Waals surface area contributed by atoms with E-state index >= 15 is 0 Å². The van der Waals surface area contributed by atoms with Gasteiger partial charge < -0.3 is 14.2 Å². The van der Waals surface area contributed by atoms with E-state index in [0.717, 1.165) is 0 Å². The van der Waals surface area contributed by atoms with E-state index in [9.17, 15) is 10.1 Å². The molecule has 0 radical (unpaired) electrons. The number of methoxy groups -OCH3 is 1. The molecule has 3 rings (SSSR count). The van der Waals surface area contributed by atoms with Crippen molar-refractivity contribution in [3.63, 3.8) is 0 Å². The molecule has 28 heavy (non-hydrogen) atoms. The molecule has 3 N–H and O–H groups in total. The first-order chi connectivity index (χ1) is 13.6. The molecule has 0 aliphatic heterocycles. The van der Waals surface area contributed by atoms with Gasteiger partial charge in [0.15, 0.2) is 5.75 Å². The first kappa shape index (κ1) is 19.4. The topological polar surface area (TPSA) is 135 Å². The van der Waals surface area contributed by atoms with Gasteiger partial charge in [0, 0.05) is 29.6 Å². The van der Waals surface area contributed by atoms with Crippen LogP contribution in [0.2, 0.25) is 0 Å². The van der Waals surface area contributed by atoms with E-state index in [0.29, 0.717) is 41.0 Å². The predicted octanol–water partition coefficient (Wildman–Crippen LogP) is 3.64. The molecule has 0 unspecified atom stereocenters. The Morgan fingerprint density at radius 1 is 1.21 bits per heavy atom. The number of nitro benzene ring substituents is 1. The van der Waals surface area contributed by atoms with Gasteiger partial charge in [-0.05, 0) is 30.3 Å². The second-order valence-electron chi connectivity index (χ2n) is 5.31. The molecule has 0 bridgehead atoms. The van der Waals surface area contributed by atoms with Crippen LogP contribution in [0.25, 0.3) is 11.3 Å². The van der Waals surface area contributed by atoms with Gasteiger partial charge in [0.1, 0.15) is 5.75 Å². The maximum absolute atomic E-state index is 11.2. The zero-order chi connectivity index (χ0) is 19.9. The molecule has 1 aromatic heterocycles. The molecule has 2 aromatic carbocycles. The molecule has 0 spiro atoms. The number of hydrogen-bond donors (Lipinski definition) is 2. The van der Waals surface area contributed by atoms with Gasteiger partial charge in [0.05, 0.1) is 17.7 Å². The zero-order valence-electron chi connectivity index (χ0n) is 14.6. The summed E-state index contributed by atoms with van der Waals surface area (Å²) in [6.45, 7) is 0. The molecular weight excluding hydrogens is 386 g/mol. The van der Waals surface area contributed by atoms with Crippen molar-refractivity contribution < 1.29 is 18.1 Å². The third kappa shape index (κ3) is 4.65. The van der Waals surface area contributed by atoms with Crippen LogP contribution in [0, 0.1) is 10.1 Å². The van der Waals surface area contributed by atoms with Gasteiger partial charge in [0.2, 0.25) is 18.3 Å². The minimum Gasteiger partial charge on any atom is -0.490 e. The van der Waals surface area contributed by atoms with Crippen LogP contribution in [0.15, 0.2) is 54.7 Å². The summed E-state index contributed by atoms with van der Waals surface area (Å²) in [7, 11) is 1.38. The predicted molar refractivity (Wildman–Crippen MR) is 104 cm³/mol. The number of anilines is 2. The molecule has 3 aromatic rings. The first-order valence-electron chi connectivity index (χ1n) is 7.83. The normalized spacial score (nSPS) is 10.4. The van der Waals surface area contributed by atoms with E-state index in [1.54, 1.807) is 42.6 Å². The van der Waals surface area contributed by atoms with Gasteiger partial charge in [0.25, 0.3) is 0 Å². The largest absolute Gasteiger partial charge is 0.490 e. The number of rotatable bonds is 8. The van der Waals surface area contributed by atoms with Gasteiger partial charge in [-0.3, -0.25) is 10.1 Å². The van der Waals surface area contributed by atoms with Crippen LogP contribution in [-0.2, 0) is 4.28 Å². The van der Waals surface area contributed by atoms with Crippen molar-refractivity contribution in [3.05, 3.63) is 64.8 Å². The molecule has 144 valence electrons. The lowest BCUT2D eigenvalue weighted by molar-refractivity contribution is -0.385. The summed E-state index contributed by atoms with van der Waals surface area (Å²) in [5.74, 6) is 5.92. The molecule has 0 saturated heterocycles. The van der Waals surface area contributed by atoms with Gasteiger partial charge in [-0.25, -0.2) is 9.97 Å². The minimum atomic E-state index is -0.503. The molecule has 0 aliphatic rings. The summed E-state index contributed by atoms with van der Waals surface area (Å²) in [5, 5.41) is 14.3. The van der Waals surface area contributed by atoms with E-state index in [2.05, 4.69) is 19.6 Å². The smallest absolute Gasteiger partial charge is 0.311 e. The van der Waals surface area contributed by atoms with Crippen molar-refractivity contribution in [3.8, 4) is 22.8 Å². The van der Waals surface area contributed by atoms with Crippen molar-refractivity contribution in [2.75, 3.05) is 12.4 Å². The second-order valence-corrected chi connectivity index (χ2v) is 5.80. The summed E-state index contributed by atoms with van der Waals surface area (Å²) >= 11 is 0.636. The fourth-order valence-electron chi connectivity index (χ4n) is 2.39. The standard InChI is InChI=1S/C17H15N5O5S/c1-25-16-6-5-11(9-15(16)22(23)24)14-7-8-19-17(21-14)20-12-3-2-4-13(10-12)26-28-27-18/h2-10H,18H2,1H3,(H,19,20,21). The second kappa shape index (κ2) is 8.99. The number of nitrogens with one attached hydrogen (secondary N) is 1. The lowest BCUT2D eigenvalue weighted by Crippen LogP contribution is -1.99. The highest BCUT2D eigenvalue weighted by atomic mass is 32.2. The monoisotopic (exact) mass is 401 g/mol. The molecule has 11 heteroatoms. The highest BCUT2D eigenvalue weighted by Gasteiger charge is 2.16. The lowest BCUT2D eigenvalue weighted by atomic mass is 10.1. The molecule has 0 amide bonds. The number of nitro groups is 1. The molecule has 0 aliphatic carbocycles. The number of benzene rings is 2. The number of nitrogens with zero attached hydrogens (tertiary/aromatic N) is 3. The molecule has 0 saturated carbocycles. The summed E-state index contributed by atoms with van der Waals surface area (Å²) in [5.41, 5.74) is 1.61. The third-order valence-corrected chi connectivity index (χ3v) is 3.93. The van der Waals surface area contributed by atoms with Crippen LogP contribution in [-0.4, -0.2) is 22.0 Å². The average Bonchev–Trinajstić information content (AvgIpc) is 2.72. The Bertz CT molecular complexity index is 988. The molecule has 1 heterocycles. The highest BCUT2D eigenvalue weighted by Crippen LogP contribution is 2.32. The zero-order valence-corrected chi connectivity index (χ0v) is 15.4. The summed E-state index contributed by atoms with van der Waals surface area (Å²) < 4.78 is 14.5. The number of hydrogen-bond acceptors (Lipinski definition) is 10. The van der Waals surface area contributed by atoms with E-state index in [-0.39, 0.29) is 11.4 Å². The van der Waals surface area contributed by atoms with Gasteiger partial charge >= 0.3 is 5.69 Å². The Balaban J connectivity index is 1.85. The Kier molecular flexibility index (Phi) is 6.22. The van der Waals surface area contributed by atoms with E-state index in [4.69, 9.17) is 14.8 Å². The van der Waals surface area contributed by atoms with Crippen LogP contribution in [0.1, 0.15) is 0 Å². The first-order valence-corrected chi connectivity index (χ1v) is 8.50. The molecule has 0 atom stereocenters. The Morgan fingerprint density at radius 2 is 2.07 bits per heavy atom. The fraction of sp³-hybridized carbons (Fsp3) is 0.0588. The Hall–Kier alpha value is -3.41. The maximum atomic E-state index is 11.2. The van der Waals surface area contributed by atoms with Crippen molar-refractivity contribution in [1.82, 2.24) is 9.97 Å². The van der Waals surface area contributed by atoms with Crippen LogP contribution < -0.4 is 20.1 Å². The quantitative estimate of drug-likeness (QED) is 0.327. The van der Waals surface area contributed by atoms with Crippen molar-refractivity contribution >= 4 is 29.6 Å². The average molecular weight is 401 g/mol. The molecular formula is C17H15N5O5S. The van der Waals surface area contributed by atoms with Crippen molar-refractivity contribution in [1.29, 1.82) is 0 Å². The van der Waals surface area contributed by atoms with E-state index < -0.39 is 4.92 Å². The Labute approximate surface area is 164 Å². The summed E-state index contributed by atoms with van der Waals surface area (Å²) in [4.78, 5) is 19.3. The van der Waals surface area contributed by atoms with E-state index in [1.807, 2.05) is 0 Å². The van der Waals surface area contributed by atoms with Crippen LogP contribution >= 0.6 is 12.3 Å².